The Bertz CT molecular complexity index is 2520. The van der Waals surface area contributed by atoms with E-state index in [0.717, 1.165) is 50.3 Å². The van der Waals surface area contributed by atoms with E-state index in [1.54, 1.807) is 11.4 Å². The number of carbonyl (C=O) groups is 7. The average molecular weight is 1130 g/mol. The van der Waals surface area contributed by atoms with Gasteiger partial charge in [0, 0.05) is 45.7 Å². The molecule has 3 N–H and O–H groups in total. The maximum Gasteiger partial charge on any atom is 0.413 e. The molecule has 3 aliphatic carbocycles. The van der Waals surface area contributed by atoms with Gasteiger partial charge in [-0.2, -0.15) is 13.2 Å². The minimum atomic E-state index is -5.52. The van der Waals surface area contributed by atoms with Crippen LogP contribution in [-0.2, 0) is 52.3 Å². The number of nitrogens with one attached hydrogen (secondary N) is 1. The summed E-state index contributed by atoms with van der Waals surface area (Å²) in [7, 11) is 2.63. The number of ether oxygens (including phenoxy) is 7. The number of benzene rings is 1. The zero-order valence-corrected chi connectivity index (χ0v) is 47.9. The summed E-state index contributed by atoms with van der Waals surface area (Å²) in [6, 6.07) is 4.17. The summed E-state index contributed by atoms with van der Waals surface area (Å²) in [5, 5.41) is 27.8. The Morgan fingerprint density at radius 1 is 0.887 bits per heavy atom. The molecule has 0 radical (unpaired) electrons. The van der Waals surface area contributed by atoms with Gasteiger partial charge in [0.1, 0.15) is 29.5 Å². The number of hydrogen-bond donors (Lipinski definition) is 3. The first-order valence-corrected chi connectivity index (χ1v) is 27.4. The molecule has 18 nitrogen and oxygen atoms in total. The van der Waals surface area contributed by atoms with Crippen LogP contribution in [-0.4, -0.2) is 143 Å². The number of alkyl halides is 3. The van der Waals surface area contributed by atoms with Crippen molar-refractivity contribution >= 4 is 41.8 Å². The highest BCUT2D eigenvalue weighted by atomic mass is 19.4. The van der Waals surface area contributed by atoms with Crippen molar-refractivity contribution in [3.8, 4) is 0 Å². The third-order valence-corrected chi connectivity index (χ3v) is 15.6. The van der Waals surface area contributed by atoms with Crippen LogP contribution in [0, 0.1) is 16.7 Å². The summed E-state index contributed by atoms with van der Waals surface area (Å²) < 4.78 is 86.8. The maximum absolute atomic E-state index is 15.8. The lowest BCUT2D eigenvalue weighted by atomic mass is 9.44. The van der Waals surface area contributed by atoms with E-state index in [1.165, 1.54) is 86.8 Å². The van der Waals surface area contributed by atoms with Gasteiger partial charge < -0.3 is 53.6 Å². The van der Waals surface area contributed by atoms with Gasteiger partial charge in [-0.3, -0.25) is 14.4 Å². The van der Waals surface area contributed by atoms with E-state index in [-0.39, 0.29) is 29.6 Å². The predicted molar refractivity (Wildman–Crippen MR) is 285 cm³/mol. The molecule has 0 spiro atoms. The molecule has 444 valence electrons. The minimum Gasteiger partial charge on any atom is -0.455 e. The monoisotopic (exact) mass is 1130 g/mol. The molecule has 1 aromatic rings. The van der Waals surface area contributed by atoms with Crippen molar-refractivity contribution in [3.63, 3.8) is 0 Å². The molecule has 2 saturated carbocycles. The van der Waals surface area contributed by atoms with Crippen LogP contribution in [0.15, 0.2) is 77.9 Å². The standard InChI is InChI=1S/C59H81F3N2O16/c1-12-13-14-15-16-17-18-19-20-21-22-23-24-25-29-32-42(67)76-45(47(59(60,61)62)63-52(71)80-54(4,5)6)51(70)75-39-34-58(73)49(78-50(69)38-30-27-26-28-31-38)46-56(9,40(66)33-41-57(46,35-74-41)79-37(3)65)48(68)44(77-53(72)64(10)11)43(36(39)2)55(58,7)8/h14-15,17-18,20-21,26-28,30-31,39-41,44-47,49,66,73H,12-13,16,19,22-25,29,32-35H2,1-11H3,(H,63,71)/b15-14-,18-17-,21-20-/t39-,40-,41+,44+,45+,46?,47+,49?,56+,57-,58+/m0/s1. The van der Waals surface area contributed by atoms with Crippen LogP contribution in [0.25, 0.3) is 0 Å². The Labute approximate surface area is 466 Å². The molecule has 1 saturated heterocycles. The van der Waals surface area contributed by atoms with Crippen molar-refractivity contribution in [2.75, 3.05) is 20.7 Å². The Balaban J connectivity index is 1.58. The zero-order chi connectivity index (χ0) is 59.6. The molecule has 0 aromatic heterocycles. The minimum absolute atomic E-state index is 0.0511. The lowest BCUT2D eigenvalue weighted by Gasteiger charge is -2.67. The van der Waals surface area contributed by atoms with Gasteiger partial charge in [0.15, 0.2) is 23.5 Å². The summed E-state index contributed by atoms with van der Waals surface area (Å²) in [5.41, 5.74) is -10.5. The van der Waals surface area contributed by atoms with Crippen molar-refractivity contribution in [2.24, 2.45) is 16.7 Å². The Kier molecular flexibility index (Phi) is 21.6. The quantitative estimate of drug-likeness (QED) is 0.0424. The van der Waals surface area contributed by atoms with Crippen LogP contribution in [0.3, 0.4) is 0 Å². The smallest absolute Gasteiger partial charge is 0.413 e. The molecular weight excluding hydrogens is 1050 g/mol. The number of unbranched alkanes of at least 4 members (excludes halogenated alkanes) is 5. The summed E-state index contributed by atoms with van der Waals surface area (Å²) >= 11 is 0. The molecule has 21 heteroatoms. The number of hydrogen-bond acceptors (Lipinski definition) is 16. The number of alkyl carbamates (subject to hydrolysis) is 1. The van der Waals surface area contributed by atoms with Gasteiger partial charge in [-0.1, -0.05) is 94.7 Å². The Morgan fingerprint density at radius 2 is 1.50 bits per heavy atom. The number of nitrogens with zero attached hydrogens (tertiary/aromatic N) is 1. The number of carbonyl (C=O) groups excluding carboxylic acids is 7. The number of rotatable bonds is 22. The molecule has 4 aliphatic rings. The first kappa shape index (κ1) is 64.8. The average Bonchev–Trinajstić information content (AvgIpc) is 3.55. The van der Waals surface area contributed by atoms with Crippen molar-refractivity contribution in [3.05, 3.63) is 83.5 Å². The van der Waals surface area contributed by atoms with E-state index in [1.807, 2.05) is 12.2 Å². The van der Waals surface area contributed by atoms with E-state index in [2.05, 4.69) is 31.2 Å². The Hall–Kier alpha value is -6.06. The van der Waals surface area contributed by atoms with Crippen LogP contribution < -0.4 is 5.32 Å². The van der Waals surface area contributed by atoms with Gasteiger partial charge >= 0.3 is 42.2 Å². The highest BCUT2D eigenvalue weighted by Gasteiger charge is 2.78. The number of halogens is 3. The van der Waals surface area contributed by atoms with Crippen LogP contribution >= 0.6 is 0 Å². The second kappa shape index (κ2) is 26.7. The third-order valence-electron chi connectivity index (χ3n) is 15.6. The SMILES string of the molecule is CCC/C=C\C/C=C\C/C=C\CCCCCCC(=O)O[C@@H](C(=O)O[C@H]1C[C@@]2(O)C(OC(=O)c3ccccc3)C3[C@](C)(C(=O)[C@H](OC(=O)N(C)C)C(=C1C)C2(C)C)[C@@H](O)C[C@H]1OC[C@@]31OC(C)=O)[C@@H](NC(=O)OC(C)(C)C)C(F)(F)F. The fourth-order valence-electron chi connectivity index (χ4n) is 11.3. The number of ketones is 1. The number of aliphatic hydroxyl groups excluding tert-OH is 1. The van der Waals surface area contributed by atoms with E-state index in [4.69, 9.17) is 33.2 Å². The molecule has 80 heavy (non-hydrogen) atoms. The largest absolute Gasteiger partial charge is 0.455 e. The molecule has 1 aromatic carbocycles. The number of fused-ring (bicyclic) bond motifs is 5. The molecule has 2 unspecified atom stereocenters. The first-order chi connectivity index (χ1) is 37.4. The van der Waals surface area contributed by atoms with Gasteiger partial charge in [0.25, 0.3) is 0 Å². The molecule has 2 amide bonds. The molecule has 1 heterocycles. The molecule has 3 fully saturated rings. The first-order valence-electron chi connectivity index (χ1n) is 27.4. The van der Waals surface area contributed by atoms with Gasteiger partial charge in [0.2, 0.25) is 6.10 Å². The second-order valence-electron chi connectivity index (χ2n) is 23.1. The number of amides is 2. The maximum atomic E-state index is 15.8. The molecule has 11 atom stereocenters. The van der Waals surface area contributed by atoms with Crippen LogP contribution in [0.5, 0.6) is 0 Å². The molecular formula is C59H81F3N2O16. The van der Waals surface area contributed by atoms with E-state index < -0.39 is 144 Å². The topological polar surface area (TPSA) is 240 Å². The molecule has 5 rings (SSSR count). The molecule has 2 bridgehead atoms. The Morgan fingerprint density at radius 3 is 2.06 bits per heavy atom. The van der Waals surface area contributed by atoms with Gasteiger partial charge in [-0.25, -0.2) is 19.2 Å². The molecule has 1 aliphatic heterocycles. The fraction of sp³-hybridized carbons (Fsp3) is 0.644. The third kappa shape index (κ3) is 14.7. The summed E-state index contributed by atoms with van der Waals surface area (Å²) in [6.07, 6.45) is -2.70. The van der Waals surface area contributed by atoms with Crippen LogP contribution in [0.4, 0.5) is 22.8 Å². The summed E-state index contributed by atoms with van der Waals surface area (Å²) in [6.45, 7) is 12.4. The van der Waals surface area contributed by atoms with Crippen molar-refractivity contribution in [2.45, 2.75) is 205 Å². The summed E-state index contributed by atoms with van der Waals surface area (Å²) in [5.74, 6) is -7.86. The number of allylic oxidation sites excluding steroid dienone is 6. The summed E-state index contributed by atoms with van der Waals surface area (Å²) in [4.78, 5) is 99.7. The lowest BCUT2D eigenvalue weighted by molar-refractivity contribution is -0.346. The van der Waals surface area contributed by atoms with Crippen molar-refractivity contribution in [1.29, 1.82) is 0 Å². The number of aliphatic hydroxyl groups is 2. The van der Waals surface area contributed by atoms with Crippen molar-refractivity contribution < 1.29 is 90.1 Å². The zero-order valence-electron chi connectivity index (χ0n) is 47.9. The van der Waals surface area contributed by atoms with E-state index in [9.17, 15) is 39.0 Å². The predicted octanol–water partition coefficient (Wildman–Crippen LogP) is 9.30. The number of esters is 4. The van der Waals surface area contributed by atoms with E-state index in [0.29, 0.717) is 12.8 Å². The van der Waals surface area contributed by atoms with Crippen LogP contribution in [0.2, 0.25) is 0 Å². The second-order valence-corrected chi connectivity index (χ2v) is 23.1. The fourth-order valence-corrected chi connectivity index (χ4v) is 11.3. The lowest BCUT2D eigenvalue weighted by Crippen LogP contribution is -2.82. The van der Waals surface area contributed by atoms with Gasteiger partial charge in [0.05, 0.1) is 29.6 Å². The number of Topliss-reactive ketones (excluding diaryl/α,β-unsaturated/α-hetero) is 1. The van der Waals surface area contributed by atoms with Crippen LogP contribution in [0.1, 0.15) is 150 Å². The highest BCUT2D eigenvalue weighted by Crippen LogP contribution is 2.64. The van der Waals surface area contributed by atoms with E-state index >= 15 is 18.0 Å². The normalized spacial score (nSPS) is 28.1. The van der Waals surface area contributed by atoms with Gasteiger partial charge in [-0.15, -0.1) is 0 Å². The highest BCUT2D eigenvalue weighted by molar-refractivity contribution is 5.95. The van der Waals surface area contributed by atoms with Gasteiger partial charge in [-0.05, 0) is 96.4 Å². The van der Waals surface area contributed by atoms with Crippen molar-refractivity contribution in [1.82, 2.24) is 10.2 Å².